The molecule has 0 radical (unpaired) electrons. The van der Waals surface area contributed by atoms with E-state index in [1.54, 1.807) is 0 Å². The molecule has 26 heavy (non-hydrogen) atoms. The number of carbonyl (C=O) groups is 2. The molecule has 0 unspecified atom stereocenters. The van der Waals surface area contributed by atoms with Gasteiger partial charge in [0.1, 0.15) is 0 Å². The topological polar surface area (TPSA) is 34.1 Å². The van der Waals surface area contributed by atoms with Crippen molar-refractivity contribution in [1.29, 1.82) is 0 Å². The van der Waals surface area contributed by atoms with Gasteiger partial charge in [-0.05, 0) is 51.0 Å². The molecule has 0 amide bonds. The van der Waals surface area contributed by atoms with Gasteiger partial charge in [-0.3, -0.25) is 9.59 Å². The van der Waals surface area contributed by atoms with Crippen LogP contribution in [0, 0.1) is 27.7 Å². The predicted molar refractivity (Wildman–Crippen MR) is 105 cm³/mol. The number of aryl methyl sites for hydroxylation is 4. The Morgan fingerprint density at radius 2 is 0.923 bits per heavy atom. The molecule has 2 heteroatoms. The quantitative estimate of drug-likeness (QED) is 0.596. The molecule has 0 atom stereocenters. The zero-order chi connectivity index (χ0) is 18.8. The molecule has 0 spiro atoms. The van der Waals surface area contributed by atoms with Gasteiger partial charge in [-0.2, -0.15) is 0 Å². The van der Waals surface area contributed by atoms with Crippen LogP contribution in [0.25, 0.3) is 0 Å². The fourth-order valence-electron chi connectivity index (χ4n) is 3.17. The van der Waals surface area contributed by atoms with E-state index in [1.807, 2.05) is 88.4 Å². The molecule has 0 aliphatic rings. The molecule has 130 valence electrons. The van der Waals surface area contributed by atoms with Gasteiger partial charge in [-0.1, -0.05) is 59.7 Å². The molecule has 2 nitrogen and oxygen atoms in total. The summed E-state index contributed by atoms with van der Waals surface area (Å²) >= 11 is 0. The van der Waals surface area contributed by atoms with Crippen molar-refractivity contribution < 1.29 is 9.59 Å². The highest BCUT2D eigenvalue weighted by atomic mass is 16.1. The number of hydrogen-bond donors (Lipinski definition) is 0. The molecule has 3 aromatic rings. The van der Waals surface area contributed by atoms with Gasteiger partial charge >= 0.3 is 0 Å². The maximum atomic E-state index is 12.9. The maximum Gasteiger partial charge on any atom is 0.193 e. The Bertz CT molecular complexity index is 955. The van der Waals surface area contributed by atoms with Crippen LogP contribution < -0.4 is 0 Å². The van der Waals surface area contributed by atoms with Crippen LogP contribution in [0.15, 0.2) is 60.7 Å². The fraction of sp³-hybridized carbons (Fsp3) is 0.167. The second-order valence-corrected chi connectivity index (χ2v) is 6.88. The summed E-state index contributed by atoms with van der Waals surface area (Å²) in [7, 11) is 0. The Morgan fingerprint density at radius 1 is 0.538 bits per heavy atom. The summed E-state index contributed by atoms with van der Waals surface area (Å²) in [5.41, 5.74) is 6.50. The second-order valence-electron chi connectivity index (χ2n) is 6.88. The molecule has 0 N–H and O–H groups in total. The van der Waals surface area contributed by atoms with E-state index in [9.17, 15) is 9.59 Å². The number of carbonyl (C=O) groups excluding carboxylic acids is 2. The smallest absolute Gasteiger partial charge is 0.193 e. The van der Waals surface area contributed by atoms with E-state index in [1.165, 1.54) is 0 Å². The Kier molecular flexibility index (Phi) is 4.85. The summed E-state index contributed by atoms with van der Waals surface area (Å²) in [5.74, 6) is -0.0279. The average Bonchev–Trinajstić information content (AvgIpc) is 2.61. The molecular weight excluding hydrogens is 320 g/mol. The summed E-state index contributed by atoms with van der Waals surface area (Å²) in [6.07, 6.45) is 0. The van der Waals surface area contributed by atoms with E-state index in [0.717, 1.165) is 22.3 Å². The van der Waals surface area contributed by atoms with E-state index < -0.39 is 0 Å². The minimum Gasteiger partial charge on any atom is -0.289 e. The zero-order valence-electron chi connectivity index (χ0n) is 15.6. The lowest BCUT2D eigenvalue weighted by atomic mass is 9.90. The first-order chi connectivity index (χ1) is 12.4. The van der Waals surface area contributed by atoms with Gasteiger partial charge in [0.15, 0.2) is 11.6 Å². The van der Waals surface area contributed by atoms with Crippen molar-refractivity contribution in [2.45, 2.75) is 27.7 Å². The third-order valence-corrected chi connectivity index (χ3v) is 4.65. The molecule has 0 aliphatic carbocycles. The van der Waals surface area contributed by atoms with Gasteiger partial charge in [0, 0.05) is 22.3 Å². The third kappa shape index (κ3) is 3.50. The van der Waals surface area contributed by atoms with E-state index in [-0.39, 0.29) is 11.6 Å². The van der Waals surface area contributed by atoms with Crippen molar-refractivity contribution in [1.82, 2.24) is 0 Å². The first kappa shape index (κ1) is 17.8. The summed E-state index contributed by atoms with van der Waals surface area (Å²) in [5, 5.41) is 0. The molecule has 0 aromatic heterocycles. The Morgan fingerprint density at radius 3 is 1.35 bits per heavy atom. The zero-order valence-corrected chi connectivity index (χ0v) is 15.6. The van der Waals surface area contributed by atoms with Crippen LogP contribution in [0.1, 0.15) is 54.1 Å². The van der Waals surface area contributed by atoms with Crippen LogP contribution in [-0.4, -0.2) is 11.6 Å². The summed E-state index contributed by atoms with van der Waals surface area (Å²) in [4.78, 5) is 25.7. The van der Waals surface area contributed by atoms with Crippen LogP contribution in [0.4, 0.5) is 0 Å². The van der Waals surface area contributed by atoms with Crippen LogP contribution in [0.2, 0.25) is 0 Å². The van der Waals surface area contributed by atoms with Crippen LogP contribution >= 0.6 is 0 Å². The van der Waals surface area contributed by atoms with Crippen molar-refractivity contribution in [2.24, 2.45) is 0 Å². The molecule has 3 aromatic carbocycles. The van der Waals surface area contributed by atoms with Gasteiger partial charge in [0.2, 0.25) is 0 Å². The standard InChI is InChI=1S/C24H22O2/c1-15-5-9-19(10-6-15)23(25)21-13-17(3)22(18(4)14-21)24(26)20-11-7-16(2)8-12-20/h5-14H,1-4H3. The molecule has 0 saturated carbocycles. The van der Waals surface area contributed by atoms with Crippen molar-refractivity contribution >= 4 is 11.6 Å². The SMILES string of the molecule is Cc1ccc(C(=O)c2cc(C)c(C(=O)c3ccc(C)cc3)c(C)c2)cc1. The summed E-state index contributed by atoms with van der Waals surface area (Å²) in [6, 6.07) is 18.8. The highest BCUT2D eigenvalue weighted by Gasteiger charge is 2.18. The molecule has 0 aliphatic heterocycles. The number of hydrogen-bond acceptors (Lipinski definition) is 2. The summed E-state index contributed by atoms with van der Waals surface area (Å²) in [6.45, 7) is 7.77. The van der Waals surface area contributed by atoms with Crippen molar-refractivity contribution in [3.63, 3.8) is 0 Å². The van der Waals surface area contributed by atoms with Gasteiger partial charge in [0.25, 0.3) is 0 Å². The monoisotopic (exact) mass is 342 g/mol. The van der Waals surface area contributed by atoms with E-state index in [4.69, 9.17) is 0 Å². The minimum absolute atomic E-state index is 0.00525. The number of rotatable bonds is 4. The van der Waals surface area contributed by atoms with Crippen LogP contribution in [0.5, 0.6) is 0 Å². The lowest BCUT2D eigenvalue weighted by Crippen LogP contribution is -2.09. The van der Waals surface area contributed by atoms with Crippen LogP contribution in [-0.2, 0) is 0 Å². The third-order valence-electron chi connectivity index (χ3n) is 4.65. The molecule has 0 saturated heterocycles. The molecular formula is C24H22O2. The Hall–Kier alpha value is -3.00. The van der Waals surface area contributed by atoms with E-state index in [0.29, 0.717) is 22.3 Å². The Balaban J connectivity index is 1.98. The molecule has 0 fully saturated rings. The molecule has 3 rings (SSSR count). The Labute approximate surface area is 154 Å². The normalized spacial score (nSPS) is 10.6. The first-order valence-corrected chi connectivity index (χ1v) is 8.71. The largest absolute Gasteiger partial charge is 0.289 e. The lowest BCUT2D eigenvalue weighted by molar-refractivity contribution is 0.102. The maximum absolute atomic E-state index is 12.9. The molecule has 0 bridgehead atoms. The average molecular weight is 342 g/mol. The number of benzene rings is 3. The fourth-order valence-corrected chi connectivity index (χ4v) is 3.17. The van der Waals surface area contributed by atoms with Crippen molar-refractivity contribution in [3.05, 3.63) is 105 Å². The van der Waals surface area contributed by atoms with E-state index >= 15 is 0 Å². The summed E-state index contributed by atoms with van der Waals surface area (Å²) < 4.78 is 0. The van der Waals surface area contributed by atoms with Gasteiger partial charge in [-0.25, -0.2) is 0 Å². The van der Waals surface area contributed by atoms with E-state index in [2.05, 4.69) is 0 Å². The second kappa shape index (κ2) is 7.09. The predicted octanol–water partition coefficient (Wildman–Crippen LogP) is 5.38. The minimum atomic E-state index is -0.0227. The van der Waals surface area contributed by atoms with Gasteiger partial charge in [-0.15, -0.1) is 0 Å². The van der Waals surface area contributed by atoms with Crippen LogP contribution in [0.3, 0.4) is 0 Å². The first-order valence-electron chi connectivity index (χ1n) is 8.71. The van der Waals surface area contributed by atoms with Crippen molar-refractivity contribution in [2.75, 3.05) is 0 Å². The highest BCUT2D eigenvalue weighted by molar-refractivity contribution is 6.13. The van der Waals surface area contributed by atoms with Gasteiger partial charge < -0.3 is 0 Å². The molecule has 0 heterocycles. The number of ketones is 2. The van der Waals surface area contributed by atoms with Crippen molar-refractivity contribution in [3.8, 4) is 0 Å². The highest BCUT2D eigenvalue weighted by Crippen LogP contribution is 2.22. The lowest BCUT2D eigenvalue weighted by Gasteiger charge is -2.12. The van der Waals surface area contributed by atoms with Gasteiger partial charge in [0.05, 0.1) is 0 Å².